The van der Waals surface area contributed by atoms with E-state index in [4.69, 9.17) is 30.4 Å². The first kappa shape index (κ1) is 17.1. The minimum atomic E-state index is -0.662. The lowest BCUT2D eigenvalue weighted by atomic mass is 10.1. The molecule has 0 aliphatic carbocycles. The molecule has 4 N–H and O–H groups in total. The van der Waals surface area contributed by atoms with E-state index in [0.717, 1.165) is 0 Å². The van der Waals surface area contributed by atoms with E-state index in [9.17, 15) is 4.79 Å². The summed E-state index contributed by atoms with van der Waals surface area (Å²) in [6.07, 6.45) is 0. The first-order chi connectivity index (χ1) is 11.5. The number of nitrogen functional groups attached to an aromatic ring is 2. The minimum absolute atomic E-state index is 0.0581. The van der Waals surface area contributed by atoms with Gasteiger partial charge in [-0.25, -0.2) is 4.79 Å². The van der Waals surface area contributed by atoms with Gasteiger partial charge in [-0.05, 0) is 0 Å². The largest absolute Gasteiger partial charge is 0.496 e. The number of nitrogens with two attached hydrogens (primary N) is 2. The molecule has 1 aromatic carbocycles. The van der Waals surface area contributed by atoms with E-state index < -0.39 is 5.97 Å². The molecule has 0 aliphatic heterocycles. The van der Waals surface area contributed by atoms with E-state index in [-0.39, 0.29) is 35.6 Å². The molecule has 0 saturated carbocycles. The van der Waals surface area contributed by atoms with Crippen molar-refractivity contribution in [3.63, 3.8) is 0 Å². The second-order valence-electron chi connectivity index (χ2n) is 4.45. The molecule has 10 heteroatoms. The van der Waals surface area contributed by atoms with Gasteiger partial charge in [-0.1, -0.05) is 0 Å². The zero-order valence-electron chi connectivity index (χ0n) is 13.4. The predicted octanol–water partition coefficient (Wildman–Crippen LogP) is 0.419. The molecule has 0 amide bonds. The molecule has 10 nitrogen and oxygen atoms in total. The Morgan fingerprint density at radius 1 is 0.917 bits per heavy atom. The van der Waals surface area contributed by atoms with Crippen LogP contribution >= 0.6 is 0 Å². The highest BCUT2D eigenvalue weighted by atomic mass is 16.5. The van der Waals surface area contributed by atoms with Crippen LogP contribution < -0.4 is 25.7 Å². The van der Waals surface area contributed by atoms with Crippen LogP contribution in [0.3, 0.4) is 0 Å². The van der Waals surface area contributed by atoms with Crippen molar-refractivity contribution >= 4 is 17.9 Å². The highest BCUT2D eigenvalue weighted by molar-refractivity contribution is 5.93. The Morgan fingerprint density at radius 2 is 1.46 bits per heavy atom. The molecule has 0 aliphatic rings. The molecule has 2 rings (SSSR count). The van der Waals surface area contributed by atoms with Crippen LogP contribution in [0.5, 0.6) is 17.2 Å². The van der Waals surface area contributed by atoms with Crippen LogP contribution in [0.2, 0.25) is 0 Å². The van der Waals surface area contributed by atoms with Crippen LogP contribution in [0.1, 0.15) is 16.2 Å². The SMILES string of the molecule is COc1cc(OC)c(C(=O)OCc2nc(N)nc(N)n2)cc1OC. The Labute approximate surface area is 137 Å². The van der Waals surface area contributed by atoms with E-state index in [1.165, 1.54) is 33.5 Å². The zero-order valence-corrected chi connectivity index (χ0v) is 13.4. The Morgan fingerprint density at radius 3 is 2.00 bits per heavy atom. The van der Waals surface area contributed by atoms with E-state index in [0.29, 0.717) is 11.5 Å². The molecular weight excluding hydrogens is 318 g/mol. The summed E-state index contributed by atoms with van der Waals surface area (Å²) in [5.74, 6) is 0.405. The molecule has 0 bridgehead atoms. The maximum Gasteiger partial charge on any atom is 0.342 e. The second kappa shape index (κ2) is 7.31. The topological polar surface area (TPSA) is 145 Å². The van der Waals surface area contributed by atoms with Crippen molar-refractivity contribution in [1.82, 2.24) is 15.0 Å². The fourth-order valence-electron chi connectivity index (χ4n) is 1.92. The lowest BCUT2D eigenvalue weighted by Crippen LogP contribution is -2.12. The third-order valence-electron chi connectivity index (χ3n) is 2.97. The number of anilines is 2. The molecule has 24 heavy (non-hydrogen) atoms. The van der Waals surface area contributed by atoms with Gasteiger partial charge in [0.2, 0.25) is 11.9 Å². The van der Waals surface area contributed by atoms with Crippen molar-refractivity contribution < 1.29 is 23.7 Å². The molecular formula is C14H17N5O5. The van der Waals surface area contributed by atoms with Crippen molar-refractivity contribution in [2.45, 2.75) is 6.61 Å². The second-order valence-corrected chi connectivity index (χ2v) is 4.45. The van der Waals surface area contributed by atoms with Crippen LogP contribution in [0.15, 0.2) is 12.1 Å². The molecule has 0 saturated heterocycles. The van der Waals surface area contributed by atoms with Crippen molar-refractivity contribution in [3.05, 3.63) is 23.5 Å². The fourth-order valence-corrected chi connectivity index (χ4v) is 1.92. The van der Waals surface area contributed by atoms with Crippen LogP contribution in [0.4, 0.5) is 11.9 Å². The number of aromatic nitrogens is 3. The van der Waals surface area contributed by atoms with E-state index >= 15 is 0 Å². The van der Waals surface area contributed by atoms with Gasteiger partial charge in [0.05, 0.1) is 21.3 Å². The predicted molar refractivity (Wildman–Crippen MR) is 83.9 cm³/mol. The summed E-state index contributed by atoms with van der Waals surface area (Å²) in [5, 5.41) is 0. The lowest BCUT2D eigenvalue weighted by Gasteiger charge is -2.13. The maximum atomic E-state index is 12.3. The van der Waals surface area contributed by atoms with Gasteiger partial charge in [0.25, 0.3) is 0 Å². The number of hydrogen-bond donors (Lipinski definition) is 2. The average Bonchev–Trinajstić information content (AvgIpc) is 2.57. The number of methoxy groups -OCH3 is 3. The summed E-state index contributed by atoms with van der Waals surface area (Å²) in [5.41, 5.74) is 11.1. The fraction of sp³-hybridized carbons (Fsp3) is 0.286. The number of esters is 1. The number of nitrogens with zero attached hydrogens (tertiary/aromatic N) is 3. The number of carbonyl (C=O) groups is 1. The van der Waals surface area contributed by atoms with Gasteiger partial charge < -0.3 is 30.4 Å². The first-order valence-corrected chi connectivity index (χ1v) is 6.71. The maximum absolute atomic E-state index is 12.3. The van der Waals surface area contributed by atoms with E-state index in [2.05, 4.69) is 15.0 Å². The molecule has 1 aromatic heterocycles. The normalized spacial score (nSPS) is 10.1. The number of benzene rings is 1. The van der Waals surface area contributed by atoms with Gasteiger partial charge in [0.15, 0.2) is 23.9 Å². The smallest absolute Gasteiger partial charge is 0.342 e. The summed E-state index contributed by atoms with van der Waals surface area (Å²) in [6.45, 7) is -0.229. The number of rotatable bonds is 6. The first-order valence-electron chi connectivity index (χ1n) is 6.71. The third kappa shape index (κ3) is 3.72. The molecule has 0 unspecified atom stereocenters. The monoisotopic (exact) mass is 335 g/mol. The van der Waals surface area contributed by atoms with E-state index in [1.807, 2.05) is 0 Å². The van der Waals surface area contributed by atoms with Gasteiger partial charge >= 0.3 is 5.97 Å². The molecule has 1 heterocycles. The van der Waals surface area contributed by atoms with Crippen LogP contribution in [0, 0.1) is 0 Å². The van der Waals surface area contributed by atoms with Crippen molar-refractivity contribution in [2.24, 2.45) is 0 Å². The quantitative estimate of drug-likeness (QED) is 0.712. The minimum Gasteiger partial charge on any atom is -0.496 e. The molecule has 0 fully saturated rings. The van der Waals surface area contributed by atoms with E-state index in [1.54, 1.807) is 0 Å². The molecule has 2 aromatic rings. The van der Waals surface area contributed by atoms with Crippen LogP contribution in [-0.4, -0.2) is 42.3 Å². The standard InChI is InChI=1S/C14H17N5O5/c1-21-8-5-10(23-3)9(22-2)4-7(8)12(20)24-6-11-17-13(15)19-14(16)18-11/h4-5H,6H2,1-3H3,(H4,15,16,17,18,19). The Kier molecular flexibility index (Phi) is 5.20. The van der Waals surface area contributed by atoms with Gasteiger partial charge in [0.1, 0.15) is 11.3 Å². The third-order valence-corrected chi connectivity index (χ3v) is 2.97. The zero-order chi connectivity index (χ0) is 17.7. The number of carbonyl (C=O) groups excluding carboxylic acids is 1. The number of hydrogen-bond acceptors (Lipinski definition) is 10. The Hall–Kier alpha value is -3.30. The summed E-state index contributed by atoms with van der Waals surface area (Å²) in [7, 11) is 4.35. The van der Waals surface area contributed by atoms with Gasteiger partial charge in [-0.15, -0.1) is 0 Å². The molecule has 0 spiro atoms. The Bertz CT molecular complexity index is 732. The van der Waals surface area contributed by atoms with Gasteiger partial charge in [-0.3, -0.25) is 0 Å². The van der Waals surface area contributed by atoms with Crippen molar-refractivity contribution in [1.29, 1.82) is 0 Å². The van der Waals surface area contributed by atoms with Gasteiger partial charge in [0, 0.05) is 12.1 Å². The summed E-state index contributed by atoms with van der Waals surface area (Å²) >= 11 is 0. The number of ether oxygens (including phenoxy) is 4. The van der Waals surface area contributed by atoms with Crippen molar-refractivity contribution in [3.8, 4) is 17.2 Å². The lowest BCUT2D eigenvalue weighted by molar-refractivity contribution is 0.0458. The Balaban J connectivity index is 2.22. The molecule has 128 valence electrons. The van der Waals surface area contributed by atoms with Crippen LogP contribution in [-0.2, 0) is 11.3 Å². The summed E-state index contributed by atoms with van der Waals surface area (Å²) < 4.78 is 20.7. The molecule has 0 radical (unpaired) electrons. The average molecular weight is 335 g/mol. The summed E-state index contributed by atoms with van der Waals surface area (Å²) in [4.78, 5) is 23.6. The van der Waals surface area contributed by atoms with Gasteiger partial charge in [-0.2, -0.15) is 15.0 Å². The van der Waals surface area contributed by atoms with Crippen LogP contribution in [0.25, 0.3) is 0 Å². The highest BCUT2D eigenvalue weighted by Crippen LogP contribution is 2.34. The highest BCUT2D eigenvalue weighted by Gasteiger charge is 2.19. The van der Waals surface area contributed by atoms with Crippen molar-refractivity contribution in [2.75, 3.05) is 32.8 Å². The summed E-state index contributed by atoms with van der Waals surface area (Å²) in [6, 6.07) is 2.98. The molecule has 0 atom stereocenters.